The van der Waals surface area contributed by atoms with Crippen molar-refractivity contribution >= 4 is 0 Å². The summed E-state index contributed by atoms with van der Waals surface area (Å²) in [6.07, 6.45) is 9.64. The van der Waals surface area contributed by atoms with Crippen LogP contribution in [0.5, 0.6) is 0 Å². The van der Waals surface area contributed by atoms with Gasteiger partial charge in [-0.3, -0.25) is 0 Å². The van der Waals surface area contributed by atoms with E-state index in [0.29, 0.717) is 0 Å². The van der Waals surface area contributed by atoms with Crippen LogP contribution < -0.4 is 5.32 Å². The Bertz CT molecular complexity index is 261. The molecule has 3 atom stereocenters. The van der Waals surface area contributed by atoms with Gasteiger partial charge in [0, 0.05) is 6.04 Å². The Balaban J connectivity index is 1.93. The summed E-state index contributed by atoms with van der Waals surface area (Å²) < 4.78 is 0. The molecule has 17 heavy (non-hydrogen) atoms. The van der Waals surface area contributed by atoms with Crippen LogP contribution in [-0.4, -0.2) is 12.6 Å². The average Bonchev–Trinajstić information content (AvgIpc) is 2.29. The third-order valence-electron chi connectivity index (χ3n) is 4.56. The number of hydrogen-bond donors (Lipinski definition) is 1. The first kappa shape index (κ1) is 13.1. The smallest absolute Gasteiger partial charge is 0.0104 e. The monoisotopic (exact) mass is 235 g/mol. The van der Waals surface area contributed by atoms with Crippen molar-refractivity contribution in [1.29, 1.82) is 0 Å². The van der Waals surface area contributed by atoms with Crippen molar-refractivity contribution in [2.24, 2.45) is 11.8 Å². The number of rotatable bonds is 2. The minimum atomic E-state index is 0.767. The molecule has 0 aromatic carbocycles. The molecule has 0 aromatic heterocycles. The van der Waals surface area contributed by atoms with Gasteiger partial charge in [0.1, 0.15) is 0 Å². The lowest BCUT2D eigenvalue weighted by molar-refractivity contribution is 0.351. The Labute approximate surface area is 107 Å². The first-order chi connectivity index (χ1) is 8.15. The largest absolute Gasteiger partial charge is 0.314 e. The van der Waals surface area contributed by atoms with Gasteiger partial charge in [-0.2, -0.15) is 0 Å². The molecule has 0 bridgehead atoms. The summed E-state index contributed by atoms with van der Waals surface area (Å²) in [5.74, 6) is 1.81. The molecule has 1 saturated heterocycles. The van der Waals surface area contributed by atoms with E-state index in [1.54, 1.807) is 11.1 Å². The number of piperidine rings is 1. The van der Waals surface area contributed by atoms with Crippen LogP contribution in [0.3, 0.4) is 0 Å². The van der Waals surface area contributed by atoms with Crippen molar-refractivity contribution in [1.82, 2.24) is 5.32 Å². The zero-order valence-electron chi connectivity index (χ0n) is 11.9. The van der Waals surface area contributed by atoms with Crippen LogP contribution in [0.2, 0.25) is 0 Å². The maximum Gasteiger partial charge on any atom is 0.0104 e. The normalized spacial score (nSPS) is 34.8. The number of nitrogens with one attached hydrogen (secondary N) is 1. The van der Waals surface area contributed by atoms with E-state index in [1.165, 1.54) is 51.5 Å². The van der Waals surface area contributed by atoms with Crippen molar-refractivity contribution in [3.63, 3.8) is 0 Å². The summed E-state index contributed by atoms with van der Waals surface area (Å²) in [5.41, 5.74) is 3.48. The molecule has 3 unspecified atom stereocenters. The fraction of sp³-hybridized carbons (Fsp3) is 0.875. The predicted octanol–water partition coefficient (Wildman–Crippen LogP) is 4.29. The lowest BCUT2D eigenvalue weighted by Gasteiger charge is -2.30. The molecule has 2 aliphatic rings. The van der Waals surface area contributed by atoms with Crippen LogP contribution in [0, 0.1) is 11.8 Å². The molecule has 1 N–H and O–H groups in total. The second-order valence-electron chi connectivity index (χ2n) is 6.59. The quantitative estimate of drug-likeness (QED) is 0.704. The summed E-state index contributed by atoms with van der Waals surface area (Å²) >= 11 is 0. The first-order valence-electron chi connectivity index (χ1n) is 7.56. The van der Waals surface area contributed by atoms with Crippen LogP contribution >= 0.6 is 0 Å². The number of allylic oxidation sites excluding steroid dienone is 1. The molecule has 1 heteroatoms. The highest BCUT2D eigenvalue weighted by molar-refractivity contribution is 5.16. The van der Waals surface area contributed by atoms with Crippen molar-refractivity contribution in [2.45, 2.75) is 71.8 Å². The zero-order chi connectivity index (χ0) is 12.3. The van der Waals surface area contributed by atoms with E-state index in [2.05, 4.69) is 26.1 Å². The van der Waals surface area contributed by atoms with E-state index in [4.69, 9.17) is 0 Å². The highest BCUT2D eigenvalue weighted by atomic mass is 14.9. The molecule has 0 amide bonds. The highest BCUT2D eigenvalue weighted by Crippen LogP contribution is 2.35. The topological polar surface area (TPSA) is 12.0 Å². The highest BCUT2D eigenvalue weighted by Gasteiger charge is 2.21. The Kier molecular flexibility index (Phi) is 4.67. The average molecular weight is 235 g/mol. The molecular weight excluding hydrogens is 206 g/mol. The van der Waals surface area contributed by atoms with Gasteiger partial charge < -0.3 is 5.32 Å². The molecule has 1 aliphatic carbocycles. The van der Waals surface area contributed by atoms with E-state index in [-0.39, 0.29) is 0 Å². The maximum absolute atomic E-state index is 3.68. The van der Waals surface area contributed by atoms with Gasteiger partial charge in [-0.15, -0.1) is 0 Å². The van der Waals surface area contributed by atoms with Gasteiger partial charge in [-0.25, -0.2) is 0 Å². The van der Waals surface area contributed by atoms with E-state index in [1.807, 2.05) is 0 Å². The molecule has 0 aromatic rings. The molecule has 0 spiro atoms. The third-order valence-corrected chi connectivity index (χ3v) is 4.56. The second-order valence-corrected chi connectivity index (χ2v) is 6.59. The third kappa shape index (κ3) is 3.84. The molecular formula is C16H29N. The van der Waals surface area contributed by atoms with Gasteiger partial charge in [0.25, 0.3) is 0 Å². The standard InChI is InChI=1S/C16H29N/c1-12-8-13(2)10-15(9-12)14(3)11-16-6-4-5-7-17-16/h12-13,16-17H,4-11H2,1-3H3. The zero-order valence-corrected chi connectivity index (χ0v) is 11.9. The fourth-order valence-electron chi connectivity index (χ4n) is 3.74. The van der Waals surface area contributed by atoms with Gasteiger partial charge in [0.15, 0.2) is 0 Å². The van der Waals surface area contributed by atoms with Gasteiger partial charge in [-0.1, -0.05) is 31.4 Å². The first-order valence-corrected chi connectivity index (χ1v) is 7.56. The lowest BCUT2D eigenvalue weighted by Crippen LogP contribution is -2.34. The summed E-state index contributed by atoms with van der Waals surface area (Å²) in [5, 5.41) is 3.68. The summed E-state index contributed by atoms with van der Waals surface area (Å²) in [6, 6.07) is 0.767. The van der Waals surface area contributed by atoms with E-state index in [0.717, 1.165) is 17.9 Å². The van der Waals surface area contributed by atoms with E-state index >= 15 is 0 Å². The van der Waals surface area contributed by atoms with Crippen LogP contribution in [0.25, 0.3) is 0 Å². The molecule has 2 rings (SSSR count). The Morgan fingerprint density at radius 1 is 1.18 bits per heavy atom. The van der Waals surface area contributed by atoms with Gasteiger partial charge in [-0.05, 0) is 63.8 Å². The van der Waals surface area contributed by atoms with Crippen molar-refractivity contribution in [3.05, 3.63) is 11.1 Å². The minimum Gasteiger partial charge on any atom is -0.314 e. The predicted molar refractivity (Wildman–Crippen MR) is 75.1 cm³/mol. The fourth-order valence-corrected chi connectivity index (χ4v) is 3.74. The molecule has 98 valence electrons. The van der Waals surface area contributed by atoms with E-state index < -0.39 is 0 Å². The Morgan fingerprint density at radius 3 is 2.47 bits per heavy atom. The van der Waals surface area contributed by atoms with E-state index in [9.17, 15) is 0 Å². The number of hydrogen-bond acceptors (Lipinski definition) is 1. The van der Waals surface area contributed by atoms with Crippen LogP contribution in [0.15, 0.2) is 11.1 Å². The summed E-state index contributed by atoms with van der Waals surface area (Å²) in [7, 11) is 0. The molecule has 2 fully saturated rings. The van der Waals surface area contributed by atoms with Crippen molar-refractivity contribution < 1.29 is 0 Å². The van der Waals surface area contributed by atoms with Gasteiger partial charge in [0.05, 0.1) is 0 Å². The second kappa shape index (κ2) is 6.04. The molecule has 1 aliphatic heterocycles. The minimum absolute atomic E-state index is 0.767. The van der Waals surface area contributed by atoms with Crippen LogP contribution in [0.4, 0.5) is 0 Å². The van der Waals surface area contributed by atoms with Crippen LogP contribution in [0.1, 0.15) is 65.7 Å². The molecule has 0 radical (unpaired) electrons. The summed E-state index contributed by atoms with van der Waals surface area (Å²) in [4.78, 5) is 0. The van der Waals surface area contributed by atoms with Gasteiger partial charge in [0.2, 0.25) is 0 Å². The summed E-state index contributed by atoms with van der Waals surface area (Å²) in [6.45, 7) is 8.46. The van der Waals surface area contributed by atoms with Crippen LogP contribution in [-0.2, 0) is 0 Å². The molecule has 1 saturated carbocycles. The molecule has 1 nitrogen and oxygen atoms in total. The Hall–Kier alpha value is -0.300. The Morgan fingerprint density at radius 2 is 1.88 bits per heavy atom. The lowest BCUT2D eigenvalue weighted by atomic mass is 9.78. The van der Waals surface area contributed by atoms with Crippen molar-refractivity contribution in [3.8, 4) is 0 Å². The SMILES string of the molecule is CC(CC1CCCCN1)=C1CC(C)CC(C)C1. The van der Waals surface area contributed by atoms with Gasteiger partial charge >= 0.3 is 0 Å². The van der Waals surface area contributed by atoms with Crippen molar-refractivity contribution in [2.75, 3.05) is 6.54 Å². The molecule has 1 heterocycles. The maximum atomic E-state index is 3.68.